The Morgan fingerprint density at radius 1 is 2.00 bits per heavy atom. The zero-order valence-electron chi connectivity index (χ0n) is 3.85. The van der Waals surface area contributed by atoms with Gasteiger partial charge in [-0.3, -0.25) is 4.79 Å². The minimum absolute atomic E-state index is 0.0965. The quantitative estimate of drug-likeness (QED) is 0.406. The molecule has 3 heteroatoms. The van der Waals surface area contributed by atoms with Gasteiger partial charge in [-0.25, -0.2) is 0 Å². The molecule has 0 aliphatic heterocycles. The molecule has 2 nitrogen and oxygen atoms in total. The van der Waals surface area contributed by atoms with Crippen molar-refractivity contribution in [1.29, 1.82) is 0 Å². The van der Waals surface area contributed by atoms with E-state index in [0.717, 1.165) is 0 Å². The third-order valence-electron chi connectivity index (χ3n) is 0.481. The van der Waals surface area contributed by atoms with E-state index in [1.54, 1.807) is 0 Å². The number of hydrogen-bond acceptors (Lipinski definition) is 2. The highest BCUT2D eigenvalue weighted by molar-refractivity contribution is 6.34. The summed E-state index contributed by atoms with van der Waals surface area (Å²) in [5.74, 6) is -0.0965. The molecule has 0 aromatic heterocycles. The molecule has 0 spiro atoms. The van der Waals surface area contributed by atoms with E-state index in [0.29, 0.717) is 0 Å². The van der Waals surface area contributed by atoms with Crippen molar-refractivity contribution in [2.75, 3.05) is 0 Å². The van der Waals surface area contributed by atoms with Crippen LogP contribution in [0.1, 0.15) is 0 Å². The van der Waals surface area contributed by atoms with Crippen LogP contribution in [0.5, 0.6) is 0 Å². The lowest BCUT2D eigenvalue weighted by Gasteiger charge is -1.80. The molecule has 1 N–H and O–H groups in total. The van der Waals surface area contributed by atoms with E-state index in [1.807, 2.05) is 0 Å². The predicted octanol–water partition coefficient (Wildman–Crippen LogP) is -0.229. The number of allylic oxidation sites excluding steroid dienone is 1. The summed E-state index contributed by atoms with van der Waals surface area (Å²) in [5, 5.41) is 0. The van der Waals surface area contributed by atoms with Gasteiger partial charge >= 0.3 is 0 Å². The largest absolute Gasteiger partial charge is 0.431 e. The lowest BCUT2D eigenvalue weighted by molar-refractivity contribution is -0.112. The van der Waals surface area contributed by atoms with Crippen LogP contribution in [0.4, 0.5) is 0 Å². The van der Waals surface area contributed by atoms with E-state index in [-0.39, 0.29) is 21.6 Å². The van der Waals surface area contributed by atoms with Crippen molar-refractivity contribution >= 4 is 15.5 Å². The standard InChI is InChI=1S/C4H6O2Si/c1-2-4(5)3-7-6/h2,6H,1,3H2. The van der Waals surface area contributed by atoms with Crippen LogP contribution < -0.4 is 0 Å². The van der Waals surface area contributed by atoms with Gasteiger partial charge in [-0.1, -0.05) is 6.58 Å². The van der Waals surface area contributed by atoms with Crippen molar-refractivity contribution in [2.45, 2.75) is 6.04 Å². The third kappa shape index (κ3) is 3.42. The zero-order chi connectivity index (χ0) is 5.70. The van der Waals surface area contributed by atoms with Crippen LogP contribution in [-0.2, 0) is 4.79 Å². The van der Waals surface area contributed by atoms with Crippen LogP contribution in [0.25, 0.3) is 0 Å². The highest BCUT2D eigenvalue weighted by Gasteiger charge is 1.91. The molecule has 0 aliphatic rings. The fourth-order valence-corrected chi connectivity index (χ4v) is 0.450. The van der Waals surface area contributed by atoms with Crippen molar-refractivity contribution in [3.8, 4) is 0 Å². The first-order chi connectivity index (χ1) is 3.31. The molecule has 0 amide bonds. The second-order valence-corrected chi connectivity index (χ2v) is 1.68. The number of carbonyl (C=O) groups excluding carboxylic acids is 1. The van der Waals surface area contributed by atoms with Gasteiger partial charge in [0.15, 0.2) is 5.78 Å². The molecule has 0 aromatic rings. The van der Waals surface area contributed by atoms with E-state index in [9.17, 15) is 4.79 Å². The van der Waals surface area contributed by atoms with Crippen molar-refractivity contribution in [2.24, 2.45) is 0 Å². The Bertz CT molecular complexity index is 79.8. The fourth-order valence-electron chi connectivity index (χ4n) is 0.150. The Balaban J connectivity index is 3.17. The summed E-state index contributed by atoms with van der Waals surface area (Å²) in [7, 11) is -0.276. The maximum Gasteiger partial charge on any atom is 0.232 e. The smallest absolute Gasteiger partial charge is 0.232 e. The molecule has 0 bridgehead atoms. The van der Waals surface area contributed by atoms with Crippen molar-refractivity contribution in [1.82, 2.24) is 0 Å². The molecule has 0 heterocycles. The SMILES string of the molecule is C=CC(=O)C[Si]O. The van der Waals surface area contributed by atoms with Crippen LogP contribution in [0.15, 0.2) is 12.7 Å². The molecular formula is C4H6O2Si. The second-order valence-electron chi connectivity index (χ2n) is 1.01. The summed E-state index contributed by atoms with van der Waals surface area (Å²) in [6.07, 6.45) is 1.21. The van der Waals surface area contributed by atoms with Crippen LogP contribution >= 0.6 is 0 Å². The normalized spacial score (nSPS) is 8.14. The average Bonchev–Trinajstić information content (AvgIpc) is 1.68. The number of carbonyl (C=O) groups is 1. The Morgan fingerprint density at radius 2 is 2.57 bits per heavy atom. The average molecular weight is 114 g/mol. The van der Waals surface area contributed by atoms with Crippen molar-refractivity contribution < 1.29 is 9.59 Å². The van der Waals surface area contributed by atoms with E-state index >= 15 is 0 Å². The molecule has 0 saturated carbocycles. The van der Waals surface area contributed by atoms with Crippen LogP contribution in [0, 0.1) is 0 Å². The van der Waals surface area contributed by atoms with Gasteiger partial charge in [0.1, 0.15) is 0 Å². The highest BCUT2D eigenvalue weighted by atomic mass is 28.2. The van der Waals surface area contributed by atoms with Crippen LogP contribution in [-0.4, -0.2) is 20.3 Å². The maximum absolute atomic E-state index is 10.1. The Labute approximate surface area is 44.8 Å². The molecule has 2 radical (unpaired) electrons. The molecule has 0 saturated heterocycles. The fraction of sp³-hybridized carbons (Fsp3) is 0.250. The number of rotatable bonds is 3. The minimum atomic E-state index is -0.276. The van der Waals surface area contributed by atoms with Gasteiger partial charge in [0, 0.05) is 6.04 Å². The topological polar surface area (TPSA) is 37.3 Å². The molecule has 0 aliphatic carbocycles. The third-order valence-corrected chi connectivity index (χ3v) is 0.988. The van der Waals surface area contributed by atoms with Gasteiger partial charge < -0.3 is 4.80 Å². The molecule has 0 unspecified atom stereocenters. The van der Waals surface area contributed by atoms with Gasteiger partial charge in [0.2, 0.25) is 9.76 Å². The Hall–Kier alpha value is -0.413. The summed E-state index contributed by atoms with van der Waals surface area (Å²) in [4.78, 5) is 18.3. The lowest BCUT2D eigenvalue weighted by Crippen LogP contribution is -1.96. The van der Waals surface area contributed by atoms with Gasteiger partial charge in [-0.15, -0.1) is 0 Å². The molecule has 0 fully saturated rings. The van der Waals surface area contributed by atoms with E-state index in [1.165, 1.54) is 6.08 Å². The lowest BCUT2D eigenvalue weighted by atomic mass is 10.5. The summed E-state index contributed by atoms with van der Waals surface area (Å²) in [6, 6.07) is 0.226. The molecule has 0 rings (SSSR count). The van der Waals surface area contributed by atoms with E-state index in [2.05, 4.69) is 6.58 Å². The molecule has 38 valence electrons. The summed E-state index contributed by atoms with van der Waals surface area (Å²) in [6.45, 7) is 3.22. The van der Waals surface area contributed by atoms with Crippen LogP contribution in [0.3, 0.4) is 0 Å². The zero-order valence-corrected chi connectivity index (χ0v) is 4.85. The van der Waals surface area contributed by atoms with Gasteiger partial charge in [-0.2, -0.15) is 0 Å². The van der Waals surface area contributed by atoms with Crippen molar-refractivity contribution in [3.05, 3.63) is 12.7 Å². The van der Waals surface area contributed by atoms with E-state index < -0.39 is 0 Å². The Morgan fingerprint density at radius 3 is 2.71 bits per heavy atom. The van der Waals surface area contributed by atoms with E-state index in [4.69, 9.17) is 4.80 Å². The first-order valence-corrected chi connectivity index (χ1v) is 2.99. The molecule has 0 atom stereocenters. The number of ketones is 1. The van der Waals surface area contributed by atoms with Gasteiger partial charge in [0.25, 0.3) is 0 Å². The Kier molecular flexibility index (Phi) is 3.54. The van der Waals surface area contributed by atoms with Gasteiger partial charge in [-0.05, 0) is 6.08 Å². The number of hydrogen-bond donors (Lipinski definition) is 1. The molecule has 7 heavy (non-hydrogen) atoms. The van der Waals surface area contributed by atoms with Crippen LogP contribution in [0.2, 0.25) is 6.04 Å². The first-order valence-electron chi connectivity index (χ1n) is 1.83. The monoisotopic (exact) mass is 114 g/mol. The minimum Gasteiger partial charge on any atom is -0.431 e. The molecular weight excluding hydrogens is 108 g/mol. The first kappa shape index (κ1) is 6.59. The van der Waals surface area contributed by atoms with Crippen molar-refractivity contribution in [3.63, 3.8) is 0 Å². The summed E-state index contributed by atoms with van der Waals surface area (Å²) >= 11 is 0. The predicted molar refractivity (Wildman–Crippen MR) is 28.0 cm³/mol. The highest BCUT2D eigenvalue weighted by Crippen LogP contribution is 1.78. The second kappa shape index (κ2) is 3.77. The van der Waals surface area contributed by atoms with Gasteiger partial charge in [0.05, 0.1) is 0 Å². The summed E-state index contributed by atoms with van der Waals surface area (Å²) < 4.78 is 0. The summed E-state index contributed by atoms with van der Waals surface area (Å²) in [5.41, 5.74) is 0. The molecule has 0 aromatic carbocycles. The maximum atomic E-state index is 10.1.